The number of fused-ring (bicyclic) bond motifs is 1. The van der Waals surface area contributed by atoms with Crippen LogP contribution in [0.2, 0.25) is 0 Å². The maximum absolute atomic E-state index is 13.9. The smallest absolute Gasteiger partial charge is 0.329 e. The monoisotopic (exact) mass is 570 g/mol. The summed E-state index contributed by atoms with van der Waals surface area (Å²) in [6.07, 6.45) is 0.560. The molecule has 0 fully saturated rings. The van der Waals surface area contributed by atoms with Crippen molar-refractivity contribution in [2.24, 2.45) is 5.92 Å². The third-order valence-corrected chi connectivity index (χ3v) is 7.41. The van der Waals surface area contributed by atoms with E-state index in [4.69, 9.17) is 0 Å². The number of carboxylic acids is 1. The Balaban J connectivity index is 1.67. The van der Waals surface area contributed by atoms with E-state index in [0.717, 1.165) is 10.1 Å². The van der Waals surface area contributed by atoms with Gasteiger partial charge in [-0.25, -0.2) is 14.2 Å². The molecule has 218 valence electrons. The standard InChI is InChI=1S/C32H34N4O6/c1-3-20(2)27(29(38)33-25(31(40)41)18-21-12-6-4-7-13-21)35-28(37)26(19-22-14-8-5-9-15-22)36-30(39)23-16-10-11-17-24(23)34-32(36)42/h4-17,20,25-27H,3,18-19H2,1-2H3,(H,33,38)(H,34,42)(H,35,37)(H,40,41)/t20-,25-,26+,27+/m1/s1. The van der Waals surface area contributed by atoms with Crippen molar-refractivity contribution in [3.8, 4) is 0 Å². The third-order valence-electron chi connectivity index (χ3n) is 7.41. The van der Waals surface area contributed by atoms with E-state index in [1.54, 1.807) is 79.7 Å². The second-order valence-corrected chi connectivity index (χ2v) is 10.3. The van der Waals surface area contributed by atoms with Crippen LogP contribution in [0.1, 0.15) is 37.4 Å². The highest BCUT2D eigenvalue weighted by molar-refractivity contribution is 5.92. The molecule has 2 amide bonds. The van der Waals surface area contributed by atoms with E-state index in [1.165, 1.54) is 0 Å². The number of hydrogen-bond acceptors (Lipinski definition) is 5. The van der Waals surface area contributed by atoms with E-state index in [-0.39, 0.29) is 24.1 Å². The number of aromatic amines is 1. The number of para-hydroxylation sites is 1. The number of hydrogen-bond donors (Lipinski definition) is 4. The molecule has 4 N–H and O–H groups in total. The lowest BCUT2D eigenvalue weighted by Crippen LogP contribution is -2.56. The first-order valence-corrected chi connectivity index (χ1v) is 13.8. The fraction of sp³-hybridized carbons (Fsp3) is 0.281. The molecule has 0 saturated heterocycles. The number of carbonyl (C=O) groups excluding carboxylic acids is 2. The van der Waals surface area contributed by atoms with Crippen molar-refractivity contribution in [2.75, 3.05) is 0 Å². The van der Waals surface area contributed by atoms with Gasteiger partial charge in [-0.05, 0) is 29.2 Å². The Morgan fingerprint density at radius 3 is 1.98 bits per heavy atom. The highest BCUT2D eigenvalue weighted by atomic mass is 16.4. The normalized spacial score (nSPS) is 14.0. The summed E-state index contributed by atoms with van der Waals surface area (Å²) in [5.74, 6) is -2.97. The van der Waals surface area contributed by atoms with Crippen molar-refractivity contribution in [1.29, 1.82) is 0 Å². The van der Waals surface area contributed by atoms with Gasteiger partial charge >= 0.3 is 11.7 Å². The zero-order chi connectivity index (χ0) is 30.2. The van der Waals surface area contributed by atoms with Gasteiger partial charge < -0.3 is 20.7 Å². The number of rotatable bonds is 12. The van der Waals surface area contributed by atoms with Crippen LogP contribution in [0.3, 0.4) is 0 Å². The van der Waals surface area contributed by atoms with E-state index in [1.807, 2.05) is 19.1 Å². The van der Waals surface area contributed by atoms with Crippen LogP contribution in [0.5, 0.6) is 0 Å². The summed E-state index contributed by atoms with van der Waals surface area (Å²) in [4.78, 5) is 68.8. The second kappa shape index (κ2) is 13.6. The van der Waals surface area contributed by atoms with Gasteiger partial charge in [-0.15, -0.1) is 0 Å². The average molecular weight is 571 g/mol. The van der Waals surface area contributed by atoms with Crippen molar-refractivity contribution < 1.29 is 19.5 Å². The molecule has 4 rings (SSSR count). The molecular weight excluding hydrogens is 536 g/mol. The first-order chi connectivity index (χ1) is 20.2. The van der Waals surface area contributed by atoms with E-state index >= 15 is 0 Å². The predicted octanol–water partition coefficient (Wildman–Crippen LogP) is 2.82. The molecule has 1 heterocycles. The summed E-state index contributed by atoms with van der Waals surface area (Å²) in [7, 11) is 0. The SMILES string of the molecule is CC[C@@H](C)[C@H](NC(=O)[C@H](Cc1ccccc1)n1c(=O)[nH]c2ccccc2c1=O)C(=O)N[C@H](Cc1ccccc1)C(=O)O. The van der Waals surface area contributed by atoms with Crippen LogP contribution in [0.25, 0.3) is 10.9 Å². The number of carboxylic acid groups (broad SMARTS) is 1. The maximum Gasteiger partial charge on any atom is 0.329 e. The number of H-pyrrole nitrogens is 1. The van der Waals surface area contributed by atoms with Crippen LogP contribution in [-0.2, 0) is 27.2 Å². The highest BCUT2D eigenvalue weighted by Crippen LogP contribution is 2.16. The fourth-order valence-corrected chi connectivity index (χ4v) is 4.86. The minimum absolute atomic E-state index is 0.00854. The number of carbonyl (C=O) groups is 3. The van der Waals surface area contributed by atoms with E-state index in [2.05, 4.69) is 15.6 Å². The number of amides is 2. The molecule has 0 aliphatic carbocycles. The Bertz CT molecular complexity index is 1670. The van der Waals surface area contributed by atoms with Gasteiger partial charge in [-0.2, -0.15) is 0 Å². The molecule has 0 aliphatic heterocycles. The molecule has 1 aromatic heterocycles. The second-order valence-electron chi connectivity index (χ2n) is 10.3. The number of benzene rings is 3. The van der Waals surface area contributed by atoms with Crippen molar-refractivity contribution >= 4 is 28.7 Å². The van der Waals surface area contributed by atoms with Gasteiger partial charge in [0.15, 0.2) is 0 Å². The molecule has 0 unspecified atom stereocenters. The molecule has 10 heteroatoms. The Morgan fingerprint density at radius 2 is 1.38 bits per heavy atom. The largest absolute Gasteiger partial charge is 0.480 e. The topological polar surface area (TPSA) is 150 Å². The third kappa shape index (κ3) is 7.01. The van der Waals surface area contributed by atoms with E-state index in [0.29, 0.717) is 17.5 Å². The van der Waals surface area contributed by atoms with Crippen LogP contribution >= 0.6 is 0 Å². The van der Waals surface area contributed by atoms with Gasteiger partial charge in [0.2, 0.25) is 11.8 Å². The summed E-state index contributed by atoms with van der Waals surface area (Å²) in [6.45, 7) is 3.61. The number of aromatic nitrogens is 2. The van der Waals surface area contributed by atoms with Crippen LogP contribution < -0.4 is 21.9 Å². The quantitative estimate of drug-likeness (QED) is 0.206. The highest BCUT2D eigenvalue weighted by Gasteiger charge is 2.33. The predicted molar refractivity (Wildman–Crippen MR) is 159 cm³/mol. The molecule has 42 heavy (non-hydrogen) atoms. The van der Waals surface area contributed by atoms with E-state index < -0.39 is 47.2 Å². The lowest BCUT2D eigenvalue weighted by Gasteiger charge is -2.28. The molecule has 0 spiro atoms. The summed E-state index contributed by atoms with van der Waals surface area (Å²) in [6, 6.07) is 20.7. The lowest BCUT2D eigenvalue weighted by atomic mass is 9.96. The molecule has 4 aromatic rings. The fourth-order valence-electron chi connectivity index (χ4n) is 4.86. The lowest BCUT2D eigenvalue weighted by molar-refractivity contribution is -0.142. The molecule has 4 atom stereocenters. The van der Waals surface area contributed by atoms with Crippen LogP contribution in [0.4, 0.5) is 0 Å². The van der Waals surface area contributed by atoms with Crippen LogP contribution in [-0.4, -0.2) is 44.5 Å². The molecular formula is C32H34N4O6. The Kier molecular flexibility index (Phi) is 9.69. The maximum atomic E-state index is 13.9. The Morgan fingerprint density at radius 1 is 0.810 bits per heavy atom. The first-order valence-electron chi connectivity index (χ1n) is 13.8. The summed E-state index contributed by atoms with van der Waals surface area (Å²) in [5.41, 5.74) is 0.386. The number of nitrogens with zero attached hydrogens (tertiary/aromatic N) is 1. The molecule has 0 bridgehead atoms. The van der Waals surface area contributed by atoms with Gasteiger partial charge in [-0.3, -0.25) is 14.4 Å². The summed E-state index contributed by atoms with van der Waals surface area (Å²) < 4.78 is 0.881. The zero-order valence-corrected chi connectivity index (χ0v) is 23.4. The van der Waals surface area contributed by atoms with Crippen molar-refractivity contribution in [3.63, 3.8) is 0 Å². The Labute approximate surface area is 242 Å². The van der Waals surface area contributed by atoms with Crippen LogP contribution in [0, 0.1) is 5.92 Å². The molecule has 10 nitrogen and oxygen atoms in total. The zero-order valence-electron chi connectivity index (χ0n) is 23.4. The molecule has 0 radical (unpaired) electrons. The first kappa shape index (κ1) is 30.0. The van der Waals surface area contributed by atoms with Crippen molar-refractivity contribution in [1.82, 2.24) is 20.2 Å². The van der Waals surface area contributed by atoms with Gasteiger partial charge in [0.25, 0.3) is 5.56 Å². The Hall–Kier alpha value is -4.99. The van der Waals surface area contributed by atoms with Gasteiger partial charge in [0.05, 0.1) is 10.9 Å². The minimum Gasteiger partial charge on any atom is -0.480 e. The minimum atomic E-state index is -1.28. The average Bonchev–Trinajstić information content (AvgIpc) is 2.99. The van der Waals surface area contributed by atoms with Gasteiger partial charge in [0, 0.05) is 12.8 Å². The number of nitrogens with one attached hydrogen (secondary N) is 3. The summed E-state index contributed by atoms with van der Waals surface area (Å²) >= 11 is 0. The van der Waals surface area contributed by atoms with E-state index in [9.17, 15) is 29.1 Å². The van der Waals surface area contributed by atoms with Gasteiger partial charge in [-0.1, -0.05) is 93.1 Å². The van der Waals surface area contributed by atoms with Crippen molar-refractivity contribution in [2.45, 2.75) is 51.2 Å². The molecule has 0 saturated carbocycles. The molecule has 3 aromatic carbocycles. The summed E-state index contributed by atoms with van der Waals surface area (Å²) in [5, 5.41) is 15.4. The van der Waals surface area contributed by atoms with Crippen LogP contribution in [0.15, 0.2) is 94.5 Å². The number of aliphatic carboxylic acids is 1. The van der Waals surface area contributed by atoms with Gasteiger partial charge in [0.1, 0.15) is 18.1 Å². The van der Waals surface area contributed by atoms with Crippen molar-refractivity contribution in [3.05, 3.63) is 117 Å². The molecule has 0 aliphatic rings.